The van der Waals surface area contributed by atoms with Gasteiger partial charge in [0.15, 0.2) is 0 Å². The van der Waals surface area contributed by atoms with Crippen molar-refractivity contribution in [3.63, 3.8) is 0 Å². The van der Waals surface area contributed by atoms with Crippen LogP contribution in [0.25, 0.3) is 0 Å². The summed E-state index contributed by atoms with van der Waals surface area (Å²) in [4.78, 5) is 4.30. The number of hydrogen-bond donors (Lipinski definition) is 2. The molecule has 88 valence electrons. The molecule has 0 aromatic heterocycles. The molecule has 0 aromatic rings. The SMILES string of the molecule is CC.CC1C=CC(C2=CNC(C)N=C2)=CN1. The van der Waals surface area contributed by atoms with Crippen LogP contribution in [-0.2, 0) is 0 Å². The van der Waals surface area contributed by atoms with Gasteiger partial charge in [-0.3, -0.25) is 4.99 Å². The van der Waals surface area contributed by atoms with Gasteiger partial charge in [-0.2, -0.15) is 0 Å². The normalized spacial score (nSPS) is 26.8. The molecule has 3 heteroatoms. The molecule has 2 unspecified atom stereocenters. The molecule has 2 atom stereocenters. The molecule has 0 radical (unpaired) electrons. The molecule has 0 spiro atoms. The van der Waals surface area contributed by atoms with E-state index >= 15 is 0 Å². The van der Waals surface area contributed by atoms with Crippen molar-refractivity contribution in [2.75, 3.05) is 0 Å². The van der Waals surface area contributed by atoms with Gasteiger partial charge in [0.2, 0.25) is 0 Å². The maximum Gasteiger partial charge on any atom is 0.115 e. The maximum absolute atomic E-state index is 4.30. The Morgan fingerprint density at radius 1 is 1.06 bits per heavy atom. The van der Waals surface area contributed by atoms with Crippen molar-refractivity contribution < 1.29 is 0 Å². The first-order valence-electron chi connectivity index (χ1n) is 5.90. The van der Waals surface area contributed by atoms with Gasteiger partial charge in [-0.15, -0.1) is 0 Å². The molecule has 0 aliphatic carbocycles. The Bertz CT molecular complexity index is 303. The number of rotatable bonds is 1. The molecule has 16 heavy (non-hydrogen) atoms. The van der Waals surface area contributed by atoms with Crippen LogP contribution in [0.15, 0.2) is 40.7 Å². The Hall–Kier alpha value is -1.51. The number of hydrogen-bond acceptors (Lipinski definition) is 3. The molecular weight excluding hydrogens is 198 g/mol. The Morgan fingerprint density at radius 3 is 2.25 bits per heavy atom. The molecule has 2 rings (SSSR count). The van der Waals surface area contributed by atoms with E-state index in [1.165, 1.54) is 5.57 Å². The van der Waals surface area contributed by atoms with Crippen molar-refractivity contribution in [3.05, 3.63) is 35.7 Å². The first kappa shape index (κ1) is 12.6. The summed E-state index contributed by atoms with van der Waals surface area (Å²) in [5.74, 6) is 0. The zero-order valence-electron chi connectivity index (χ0n) is 10.5. The average Bonchev–Trinajstić information content (AvgIpc) is 2.34. The summed E-state index contributed by atoms with van der Waals surface area (Å²) >= 11 is 0. The molecular formula is C13H21N3. The molecule has 0 bridgehead atoms. The lowest BCUT2D eigenvalue weighted by Crippen LogP contribution is -2.25. The summed E-state index contributed by atoms with van der Waals surface area (Å²) < 4.78 is 0. The van der Waals surface area contributed by atoms with Gasteiger partial charge in [-0.25, -0.2) is 0 Å². The summed E-state index contributed by atoms with van der Waals surface area (Å²) in [7, 11) is 0. The minimum Gasteiger partial charge on any atom is -0.384 e. The molecule has 0 amide bonds. The zero-order valence-corrected chi connectivity index (χ0v) is 10.5. The minimum atomic E-state index is 0.193. The largest absolute Gasteiger partial charge is 0.384 e. The second kappa shape index (κ2) is 6.16. The molecule has 2 aliphatic heterocycles. The van der Waals surface area contributed by atoms with E-state index in [0.717, 1.165) is 5.57 Å². The summed E-state index contributed by atoms with van der Waals surface area (Å²) in [6.07, 6.45) is 10.4. The quantitative estimate of drug-likeness (QED) is 0.710. The topological polar surface area (TPSA) is 36.4 Å². The van der Waals surface area contributed by atoms with E-state index in [9.17, 15) is 0 Å². The molecule has 0 aromatic carbocycles. The van der Waals surface area contributed by atoms with Gasteiger partial charge in [-0.05, 0) is 13.8 Å². The van der Waals surface area contributed by atoms with E-state index in [0.29, 0.717) is 6.04 Å². The molecule has 0 fully saturated rings. The zero-order chi connectivity index (χ0) is 12.0. The fraction of sp³-hybridized carbons (Fsp3) is 0.462. The highest BCUT2D eigenvalue weighted by molar-refractivity contribution is 5.86. The van der Waals surface area contributed by atoms with Crippen molar-refractivity contribution in [2.24, 2.45) is 4.99 Å². The van der Waals surface area contributed by atoms with Crippen LogP contribution >= 0.6 is 0 Å². The van der Waals surface area contributed by atoms with Crippen molar-refractivity contribution in [2.45, 2.75) is 39.9 Å². The van der Waals surface area contributed by atoms with Crippen LogP contribution in [0, 0.1) is 0 Å². The Labute approximate surface area is 98.0 Å². The highest BCUT2D eigenvalue weighted by Gasteiger charge is 2.09. The van der Waals surface area contributed by atoms with E-state index in [1.54, 1.807) is 0 Å². The highest BCUT2D eigenvalue weighted by atomic mass is 15.1. The van der Waals surface area contributed by atoms with Crippen LogP contribution in [0.1, 0.15) is 27.7 Å². The highest BCUT2D eigenvalue weighted by Crippen LogP contribution is 2.14. The molecule has 2 aliphatic rings. The second-order valence-electron chi connectivity index (χ2n) is 3.63. The van der Waals surface area contributed by atoms with Crippen molar-refractivity contribution in [3.8, 4) is 0 Å². The van der Waals surface area contributed by atoms with E-state index in [-0.39, 0.29) is 6.17 Å². The lowest BCUT2D eigenvalue weighted by molar-refractivity contribution is 0.665. The predicted molar refractivity (Wildman–Crippen MR) is 70.3 cm³/mol. The number of dihydropyridines is 1. The average molecular weight is 219 g/mol. The van der Waals surface area contributed by atoms with Crippen LogP contribution in [0.3, 0.4) is 0 Å². The number of nitrogens with one attached hydrogen (secondary N) is 2. The van der Waals surface area contributed by atoms with Gasteiger partial charge in [0.05, 0.1) is 0 Å². The van der Waals surface area contributed by atoms with E-state index in [4.69, 9.17) is 0 Å². The molecule has 3 nitrogen and oxygen atoms in total. The van der Waals surface area contributed by atoms with Gasteiger partial charge < -0.3 is 10.6 Å². The summed E-state index contributed by atoms with van der Waals surface area (Å²) in [6, 6.07) is 0.423. The van der Waals surface area contributed by atoms with Crippen LogP contribution in [0.4, 0.5) is 0 Å². The van der Waals surface area contributed by atoms with E-state index < -0.39 is 0 Å². The standard InChI is InChI=1S/C11H15N3.C2H6/c1-8-3-4-10(5-12-8)11-6-13-9(2)14-7-11;1-2/h3-9,12-13H,1-2H3;1-2H3. The number of allylic oxidation sites excluding steroid dienone is 3. The Morgan fingerprint density at radius 2 is 1.75 bits per heavy atom. The predicted octanol–water partition coefficient (Wildman–Crippen LogP) is 2.35. The fourth-order valence-electron chi connectivity index (χ4n) is 1.39. The van der Waals surface area contributed by atoms with Gasteiger partial charge in [0.1, 0.15) is 6.17 Å². The van der Waals surface area contributed by atoms with E-state index in [1.807, 2.05) is 39.4 Å². The maximum atomic E-state index is 4.30. The Balaban J connectivity index is 0.000000606. The molecule has 0 saturated heterocycles. The smallest absolute Gasteiger partial charge is 0.115 e. The van der Waals surface area contributed by atoms with Crippen molar-refractivity contribution in [1.29, 1.82) is 0 Å². The second-order valence-corrected chi connectivity index (χ2v) is 3.63. The van der Waals surface area contributed by atoms with Gasteiger partial charge in [-0.1, -0.05) is 26.0 Å². The van der Waals surface area contributed by atoms with Crippen LogP contribution in [0.5, 0.6) is 0 Å². The van der Waals surface area contributed by atoms with Gasteiger partial charge >= 0.3 is 0 Å². The van der Waals surface area contributed by atoms with Crippen LogP contribution in [-0.4, -0.2) is 18.4 Å². The first-order valence-corrected chi connectivity index (χ1v) is 5.90. The number of aliphatic imine (C=N–C) groups is 1. The lowest BCUT2D eigenvalue weighted by Gasteiger charge is -2.18. The lowest BCUT2D eigenvalue weighted by atomic mass is 10.0. The minimum absolute atomic E-state index is 0.193. The monoisotopic (exact) mass is 219 g/mol. The van der Waals surface area contributed by atoms with Crippen LogP contribution in [0.2, 0.25) is 0 Å². The number of nitrogens with zero attached hydrogens (tertiary/aromatic N) is 1. The third-order valence-corrected chi connectivity index (χ3v) is 2.32. The first-order chi connectivity index (χ1) is 7.75. The molecule has 2 heterocycles. The van der Waals surface area contributed by atoms with Crippen molar-refractivity contribution >= 4 is 6.21 Å². The van der Waals surface area contributed by atoms with Crippen molar-refractivity contribution in [1.82, 2.24) is 10.6 Å². The van der Waals surface area contributed by atoms with Crippen LogP contribution < -0.4 is 10.6 Å². The third kappa shape index (κ3) is 3.26. The van der Waals surface area contributed by atoms with Gasteiger partial charge in [0, 0.05) is 35.8 Å². The summed E-state index contributed by atoms with van der Waals surface area (Å²) in [6.45, 7) is 8.14. The summed E-state index contributed by atoms with van der Waals surface area (Å²) in [5.41, 5.74) is 2.30. The summed E-state index contributed by atoms with van der Waals surface area (Å²) in [5, 5.41) is 6.44. The molecule has 0 saturated carbocycles. The van der Waals surface area contributed by atoms with E-state index in [2.05, 4.69) is 34.7 Å². The fourth-order valence-corrected chi connectivity index (χ4v) is 1.39. The third-order valence-electron chi connectivity index (χ3n) is 2.32. The molecule has 2 N–H and O–H groups in total. The van der Waals surface area contributed by atoms with Gasteiger partial charge in [0.25, 0.3) is 0 Å². The Kier molecular flexibility index (Phi) is 4.83.